The van der Waals surface area contributed by atoms with E-state index < -0.39 is 20.0 Å². The van der Waals surface area contributed by atoms with Crippen LogP contribution in [0.5, 0.6) is 0 Å². The minimum atomic E-state index is -4.55. The summed E-state index contributed by atoms with van der Waals surface area (Å²) in [4.78, 5) is 25.2. The van der Waals surface area contributed by atoms with Crippen molar-refractivity contribution in [1.29, 1.82) is 0 Å². The Bertz CT molecular complexity index is 819. The number of nitrogens with one attached hydrogen (secondary N) is 1. The molecule has 9 heteroatoms. The molecule has 0 aromatic heterocycles. The van der Waals surface area contributed by atoms with Crippen molar-refractivity contribution in [3.63, 3.8) is 0 Å². The topological polar surface area (TPSA) is 108 Å². The predicted octanol–water partition coefficient (Wildman–Crippen LogP) is 10.2. The average Bonchev–Trinajstić information content (AvgIpc) is 3.04. The molecular formula is C40H81N2O6P. The molecule has 0 fully saturated rings. The van der Waals surface area contributed by atoms with Crippen LogP contribution in [-0.2, 0) is 18.4 Å². The number of unbranched alkanes of at least 4 members (excludes halogenated alkanes) is 22. The Morgan fingerprint density at radius 2 is 1.12 bits per heavy atom. The van der Waals surface area contributed by atoms with Crippen molar-refractivity contribution >= 4 is 13.7 Å². The van der Waals surface area contributed by atoms with Gasteiger partial charge in [0.25, 0.3) is 7.82 Å². The molecule has 0 aliphatic heterocycles. The van der Waals surface area contributed by atoms with Gasteiger partial charge in [0.05, 0.1) is 39.9 Å². The summed E-state index contributed by atoms with van der Waals surface area (Å²) < 4.78 is 23.2. The van der Waals surface area contributed by atoms with E-state index in [9.17, 15) is 19.4 Å². The van der Waals surface area contributed by atoms with Crippen LogP contribution < -0.4 is 10.2 Å². The zero-order valence-electron chi connectivity index (χ0n) is 32.9. The Hall–Kier alpha value is -0.760. The first-order chi connectivity index (χ1) is 23.5. The highest BCUT2D eigenvalue weighted by atomic mass is 31.2. The Morgan fingerprint density at radius 3 is 1.59 bits per heavy atom. The lowest BCUT2D eigenvalue weighted by molar-refractivity contribution is -0.870. The zero-order valence-corrected chi connectivity index (χ0v) is 33.8. The molecule has 3 unspecified atom stereocenters. The summed E-state index contributed by atoms with van der Waals surface area (Å²) in [6.45, 7) is 4.69. The van der Waals surface area contributed by atoms with Crippen LogP contribution in [0.3, 0.4) is 0 Å². The highest BCUT2D eigenvalue weighted by Crippen LogP contribution is 2.38. The number of aliphatic hydroxyl groups is 1. The lowest BCUT2D eigenvalue weighted by Gasteiger charge is -2.30. The van der Waals surface area contributed by atoms with Gasteiger partial charge < -0.3 is 28.8 Å². The van der Waals surface area contributed by atoms with E-state index in [-0.39, 0.29) is 19.1 Å². The molecule has 0 aromatic rings. The van der Waals surface area contributed by atoms with Crippen LogP contribution in [0.15, 0.2) is 12.2 Å². The van der Waals surface area contributed by atoms with E-state index >= 15 is 0 Å². The first-order valence-electron chi connectivity index (χ1n) is 20.5. The number of phosphoric acid groups is 1. The lowest BCUT2D eigenvalue weighted by atomic mass is 10.0. The fourth-order valence-corrected chi connectivity index (χ4v) is 6.64. The number of likely N-dealkylation sites (N-methyl/N-ethyl adjacent to an activating group) is 1. The van der Waals surface area contributed by atoms with E-state index in [0.717, 1.165) is 38.5 Å². The molecule has 0 aliphatic carbocycles. The monoisotopic (exact) mass is 717 g/mol. The van der Waals surface area contributed by atoms with Crippen LogP contribution in [0, 0.1) is 0 Å². The Balaban J connectivity index is 4.36. The van der Waals surface area contributed by atoms with Crippen molar-refractivity contribution in [2.24, 2.45) is 0 Å². The van der Waals surface area contributed by atoms with E-state index in [2.05, 4.69) is 31.3 Å². The number of hydrogen-bond donors (Lipinski definition) is 2. The fourth-order valence-electron chi connectivity index (χ4n) is 5.92. The average molecular weight is 717 g/mol. The van der Waals surface area contributed by atoms with E-state index in [1.807, 2.05) is 21.1 Å². The number of rotatable bonds is 37. The lowest BCUT2D eigenvalue weighted by Crippen LogP contribution is -2.46. The van der Waals surface area contributed by atoms with Crippen molar-refractivity contribution in [3.05, 3.63) is 12.2 Å². The van der Waals surface area contributed by atoms with E-state index in [0.29, 0.717) is 23.9 Å². The molecule has 0 saturated carbocycles. The van der Waals surface area contributed by atoms with Gasteiger partial charge in [0.1, 0.15) is 13.2 Å². The zero-order chi connectivity index (χ0) is 36.5. The molecule has 0 rings (SSSR count). The van der Waals surface area contributed by atoms with Crippen LogP contribution in [0.1, 0.15) is 187 Å². The van der Waals surface area contributed by atoms with Crippen molar-refractivity contribution in [2.75, 3.05) is 40.9 Å². The second kappa shape index (κ2) is 33.1. The van der Waals surface area contributed by atoms with Gasteiger partial charge in [0.2, 0.25) is 5.91 Å². The van der Waals surface area contributed by atoms with Gasteiger partial charge in [0.15, 0.2) is 0 Å². The molecule has 0 heterocycles. The van der Waals surface area contributed by atoms with Crippen molar-refractivity contribution < 1.29 is 32.9 Å². The fraction of sp³-hybridized carbons (Fsp3) is 0.925. The summed E-state index contributed by atoms with van der Waals surface area (Å²) in [7, 11) is 1.30. The molecule has 0 bridgehead atoms. The molecule has 1 amide bonds. The summed E-state index contributed by atoms with van der Waals surface area (Å²) in [5.74, 6) is -0.171. The summed E-state index contributed by atoms with van der Waals surface area (Å²) in [5.41, 5.74) is 0. The molecule has 49 heavy (non-hydrogen) atoms. The number of amides is 1. The second-order valence-electron chi connectivity index (χ2n) is 15.3. The molecule has 2 N–H and O–H groups in total. The Morgan fingerprint density at radius 1 is 0.694 bits per heavy atom. The number of aliphatic hydroxyl groups excluding tert-OH is 1. The van der Waals surface area contributed by atoms with Crippen LogP contribution in [0.25, 0.3) is 0 Å². The van der Waals surface area contributed by atoms with Crippen molar-refractivity contribution in [3.8, 4) is 0 Å². The minimum absolute atomic E-state index is 0.0127. The van der Waals surface area contributed by atoms with Crippen molar-refractivity contribution in [2.45, 2.75) is 199 Å². The number of carbonyl (C=O) groups is 1. The largest absolute Gasteiger partial charge is 0.756 e. The van der Waals surface area contributed by atoms with Gasteiger partial charge in [-0.05, 0) is 38.5 Å². The number of nitrogens with zero attached hydrogens (tertiary/aromatic N) is 1. The predicted molar refractivity (Wildman–Crippen MR) is 205 cm³/mol. The van der Waals surface area contributed by atoms with Crippen LogP contribution >= 0.6 is 7.82 Å². The maximum atomic E-state index is 12.8. The number of phosphoric ester groups is 1. The summed E-state index contributed by atoms with van der Waals surface area (Å²) in [6, 6.07) is -0.796. The number of allylic oxidation sites excluding steroid dienone is 2. The third-order valence-corrected chi connectivity index (χ3v) is 10.2. The normalized spacial score (nSPS) is 14.7. The molecule has 0 saturated heterocycles. The first kappa shape index (κ1) is 48.2. The summed E-state index contributed by atoms with van der Waals surface area (Å²) >= 11 is 0. The van der Waals surface area contributed by atoms with Crippen molar-refractivity contribution in [1.82, 2.24) is 5.32 Å². The van der Waals surface area contributed by atoms with Gasteiger partial charge >= 0.3 is 0 Å². The van der Waals surface area contributed by atoms with E-state index in [1.54, 1.807) is 0 Å². The molecule has 0 aromatic carbocycles. The number of carbonyl (C=O) groups excluding carboxylic acids is 1. The van der Waals surface area contributed by atoms with Gasteiger partial charge in [-0.2, -0.15) is 0 Å². The van der Waals surface area contributed by atoms with Gasteiger partial charge in [-0.1, -0.05) is 154 Å². The Kier molecular flexibility index (Phi) is 32.6. The van der Waals surface area contributed by atoms with Gasteiger partial charge in [0, 0.05) is 6.42 Å². The van der Waals surface area contributed by atoms with Crippen LogP contribution in [-0.4, -0.2) is 68.5 Å². The number of quaternary nitrogens is 1. The summed E-state index contributed by atoms with van der Waals surface area (Å²) in [5, 5.41) is 13.8. The van der Waals surface area contributed by atoms with Crippen LogP contribution in [0.4, 0.5) is 0 Å². The molecule has 0 spiro atoms. The molecule has 0 radical (unpaired) electrons. The van der Waals surface area contributed by atoms with Crippen LogP contribution in [0.2, 0.25) is 0 Å². The Labute approximate surface area is 303 Å². The molecule has 292 valence electrons. The highest BCUT2D eigenvalue weighted by molar-refractivity contribution is 7.45. The molecular weight excluding hydrogens is 635 g/mol. The molecule has 8 nitrogen and oxygen atoms in total. The third kappa shape index (κ3) is 35.4. The smallest absolute Gasteiger partial charge is 0.268 e. The highest BCUT2D eigenvalue weighted by Gasteiger charge is 2.24. The van der Waals surface area contributed by atoms with Gasteiger partial charge in [-0.15, -0.1) is 0 Å². The standard InChI is InChI=1S/C40H81N2O6P/c1-6-8-10-12-14-16-18-19-20-21-22-23-24-26-28-30-32-34-40(44)41-38(37-48-49(45,46)47-36-35-42(3,4)5)39(43)33-31-29-27-25-17-15-13-11-9-7-2/h19-20,38-39,43H,6-18,21-37H2,1-5H3,(H-,41,44,45,46)/b20-19-. The van der Waals surface area contributed by atoms with E-state index in [4.69, 9.17) is 9.05 Å². The second-order valence-corrected chi connectivity index (χ2v) is 16.8. The van der Waals surface area contributed by atoms with E-state index in [1.165, 1.54) is 122 Å². The molecule has 3 atom stereocenters. The maximum Gasteiger partial charge on any atom is 0.268 e. The van der Waals surface area contributed by atoms with Gasteiger partial charge in [-0.25, -0.2) is 0 Å². The maximum absolute atomic E-state index is 12.8. The first-order valence-corrected chi connectivity index (χ1v) is 22.0. The summed E-state index contributed by atoms with van der Waals surface area (Å²) in [6.07, 6.45) is 34.9. The van der Waals surface area contributed by atoms with Gasteiger partial charge in [-0.3, -0.25) is 9.36 Å². The number of hydrogen-bond acceptors (Lipinski definition) is 6. The third-order valence-electron chi connectivity index (χ3n) is 9.25. The SMILES string of the molecule is CCCCCCCC/C=C\CCCCCCCCCC(=O)NC(COP(=O)([O-])OCC[N+](C)(C)C)C(O)CCCCCCCCCCCC. The quantitative estimate of drug-likeness (QED) is 0.0287. The minimum Gasteiger partial charge on any atom is -0.756 e. The molecule has 0 aliphatic rings.